The number of rotatable bonds is 6. The second-order valence-electron chi connectivity index (χ2n) is 7.76. The van der Waals surface area contributed by atoms with Crippen LogP contribution in [-0.2, 0) is 6.54 Å². The van der Waals surface area contributed by atoms with E-state index < -0.39 is 0 Å². The predicted molar refractivity (Wildman–Crippen MR) is 119 cm³/mol. The Morgan fingerprint density at radius 3 is 2.60 bits per heavy atom. The van der Waals surface area contributed by atoms with Gasteiger partial charge in [-0.15, -0.1) is 0 Å². The molecule has 4 rings (SSSR count). The molecule has 1 saturated heterocycles. The summed E-state index contributed by atoms with van der Waals surface area (Å²) in [5, 5.41) is 0.712. The van der Waals surface area contributed by atoms with Gasteiger partial charge in [-0.1, -0.05) is 59.6 Å². The maximum absolute atomic E-state index is 14.2. The second-order valence-corrected chi connectivity index (χ2v) is 8.60. The topological polar surface area (TPSA) is 25.4 Å². The van der Waals surface area contributed by atoms with Crippen molar-refractivity contribution in [1.29, 1.82) is 0 Å². The summed E-state index contributed by atoms with van der Waals surface area (Å²) in [5.41, 5.74) is 2.20. The number of benzene rings is 2. The summed E-state index contributed by atoms with van der Waals surface area (Å²) in [7, 11) is 0. The molecule has 1 aromatic heterocycles. The lowest BCUT2D eigenvalue weighted by molar-refractivity contribution is 0.138. The lowest BCUT2D eigenvalue weighted by Crippen LogP contribution is -2.30. The predicted octanol–water partition coefficient (Wildman–Crippen LogP) is 6.21. The number of nitrogens with zero attached hydrogens (tertiary/aromatic N) is 2. The number of hydrogen-bond acceptors (Lipinski definition) is 3. The van der Waals surface area contributed by atoms with Crippen LogP contribution < -0.4 is 4.74 Å². The lowest BCUT2D eigenvalue weighted by atomic mass is 9.85. The van der Waals surface area contributed by atoms with Gasteiger partial charge in [-0.2, -0.15) is 0 Å². The molecule has 0 radical (unpaired) electrons. The fourth-order valence-corrected chi connectivity index (χ4v) is 4.39. The fraction of sp³-hybridized carbons (Fsp3) is 0.292. The Hall–Kier alpha value is -2.14. The summed E-state index contributed by atoms with van der Waals surface area (Å²) >= 11 is 11.8. The van der Waals surface area contributed by atoms with Crippen LogP contribution in [0.25, 0.3) is 0 Å². The normalized spacial score (nSPS) is 20.3. The molecule has 0 spiro atoms. The van der Waals surface area contributed by atoms with E-state index in [4.69, 9.17) is 27.9 Å². The lowest BCUT2D eigenvalue weighted by Gasteiger charge is -2.26. The largest absolute Gasteiger partial charge is 0.474 e. The van der Waals surface area contributed by atoms with E-state index in [2.05, 4.69) is 22.0 Å². The van der Waals surface area contributed by atoms with Gasteiger partial charge in [-0.3, -0.25) is 4.90 Å². The number of ether oxygens (including phenoxy) is 1. The van der Waals surface area contributed by atoms with E-state index in [0.29, 0.717) is 10.9 Å². The van der Waals surface area contributed by atoms with E-state index in [0.717, 1.165) is 25.2 Å². The van der Waals surface area contributed by atoms with Crippen LogP contribution in [-0.4, -0.2) is 29.1 Å². The van der Waals surface area contributed by atoms with Gasteiger partial charge in [0.2, 0.25) is 5.88 Å². The van der Waals surface area contributed by atoms with Gasteiger partial charge in [0, 0.05) is 43.7 Å². The highest BCUT2D eigenvalue weighted by Gasteiger charge is 2.38. The minimum absolute atomic E-state index is 0.108. The SMILES string of the molecule is C[C@H](Oc1ccc(Cl)cn1)[C@H]1CN(Cc2ccccc2)C[C@@H]1c1ccc(Cl)c(F)c1. The monoisotopic (exact) mass is 444 g/mol. The van der Waals surface area contributed by atoms with Crippen molar-refractivity contribution in [2.24, 2.45) is 5.92 Å². The zero-order valence-electron chi connectivity index (χ0n) is 16.6. The van der Waals surface area contributed by atoms with E-state index >= 15 is 0 Å². The minimum Gasteiger partial charge on any atom is -0.474 e. The van der Waals surface area contributed by atoms with Crippen LogP contribution in [0.2, 0.25) is 10.0 Å². The van der Waals surface area contributed by atoms with Crippen LogP contribution in [0.15, 0.2) is 66.9 Å². The molecule has 0 unspecified atom stereocenters. The third kappa shape index (κ3) is 4.94. The third-order valence-corrected chi connectivity index (χ3v) is 6.20. The minimum atomic E-state index is -0.387. The maximum atomic E-state index is 14.2. The quantitative estimate of drug-likeness (QED) is 0.451. The molecule has 3 nitrogen and oxygen atoms in total. The molecule has 1 fully saturated rings. The number of pyridine rings is 1. The summed E-state index contributed by atoms with van der Waals surface area (Å²) in [6.45, 7) is 4.56. The smallest absolute Gasteiger partial charge is 0.213 e. The van der Waals surface area contributed by atoms with Gasteiger partial charge in [-0.05, 0) is 36.2 Å². The van der Waals surface area contributed by atoms with Crippen LogP contribution in [0, 0.1) is 11.7 Å². The van der Waals surface area contributed by atoms with E-state index in [1.54, 1.807) is 30.5 Å². The van der Waals surface area contributed by atoms with E-state index in [9.17, 15) is 4.39 Å². The van der Waals surface area contributed by atoms with Gasteiger partial charge in [-0.25, -0.2) is 9.37 Å². The Bertz CT molecular complexity index is 984. The summed E-state index contributed by atoms with van der Waals surface area (Å²) in [5.74, 6) is 0.450. The highest BCUT2D eigenvalue weighted by molar-refractivity contribution is 6.30. The molecule has 1 aliphatic heterocycles. The van der Waals surface area contributed by atoms with Crippen LogP contribution in [0.5, 0.6) is 5.88 Å². The molecular weight excluding hydrogens is 422 g/mol. The Balaban J connectivity index is 1.56. The highest BCUT2D eigenvalue weighted by atomic mass is 35.5. The molecule has 0 N–H and O–H groups in total. The molecule has 2 aromatic carbocycles. The fourth-order valence-electron chi connectivity index (χ4n) is 4.17. The molecule has 6 heteroatoms. The molecule has 156 valence electrons. The molecule has 30 heavy (non-hydrogen) atoms. The molecule has 0 bridgehead atoms. The van der Waals surface area contributed by atoms with Gasteiger partial charge in [0.05, 0.1) is 10.0 Å². The molecular formula is C24H23Cl2FN2O. The Morgan fingerprint density at radius 1 is 1.10 bits per heavy atom. The Morgan fingerprint density at radius 2 is 1.90 bits per heavy atom. The van der Waals surface area contributed by atoms with Crippen molar-refractivity contribution >= 4 is 23.2 Å². The standard InChI is InChI=1S/C24H23Cl2FN2O/c1-16(30-24-10-8-19(25)12-28-24)20-14-29(13-17-5-3-2-4-6-17)15-21(20)18-7-9-22(26)23(27)11-18/h2-12,16,20-21H,13-15H2,1H3/t16-,20+,21+/m0/s1. The van der Waals surface area contributed by atoms with Crippen molar-refractivity contribution in [3.8, 4) is 5.88 Å². The van der Waals surface area contributed by atoms with E-state index in [1.165, 1.54) is 5.56 Å². The number of hydrogen-bond donors (Lipinski definition) is 0. The van der Waals surface area contributed by atoms with Crippen molar-refractivity contribution in [3.63, 3.8) is 0 Å². The zero-order valence-corrected chi connectivity index (χ0v) is 18.2. The molecule has 3 atom stereocenters. The summed E-state index contributed by atoms with van der Waals surface area (Å²) in [4.78, 5) is 6.65. The molecule has 3 aromatic rings. The first kappa shape index (κ1) is 21.1. The number of halogens is 3. The first-order valence-electron chi connectivity index (χ1n) is 9.99. The summed E-state index contributed by atoms with van der Waals surface area (Å²) in [6, 6.07) is 19.0. The first-order chi connectivity index (χ1) is 14.5. The highest BCUT2D eigenvalue weighted by Crippen LogP contribution is 2.37. The summed E-state index contributed by atoms with van der Waals surface area (Å²) in [6.07, 6.45) is 1.47. The van der Waals surface area contributed by atoms with Crippen LogP contribution >= 0.6 is 23.2 Å². The maximum Gasteiger partial charge on any atom is 0.213 e. The Labute approximate surface area is 186 Å². The van der Waals surface area contributed by atoms with Crippen LogP contribution in [0.4, 0.5) is 4.39 Å². The first-order valence-corrected chi connectivity index (χ1v) is 10.7. The van der Waals surface area contributed by atoms with E-state index in [1.807, 2.05) is 31.2 Å². The van der Waals surface area contributed by atoms with Crippen LogP contribution in [0.1, 0.15) is 24.0 Å². The van der Waals surface area contributed by atoms with Crippen LogP contribution in [0.3, 0.4) is 0 Å². The van der Waals surface area contributed by atoms with Crippen molar-refractivity contribution in [2.75, 3.05) is 13.1 Å². The Kier molecular flexibility index (Phi) is 6.57. The van der Waals surface area contributed by atoms with Crippen molar-refractivity contribution in [2.45, 2.75) is 25.5 Å². The summed E-state index contributed by atoms with van der Waals surface area (Å²) < 4.78 is 20.3. The zero-order chi connectivity index (χ0) is 21.1. The third-order valence-electron chi connectivity index (χ3n) is 5.67. The number of likely N-dealkylation sites (tertiary alicyclic amines) is 1. The molecule has 1 aliphatic rings. The van der Waals surface area contributed by atoms with Crippen molar-refractivity contribution in [3.05, 3.63) is 93.8 Å². The molecule has 0 saturated carbocycles. The van der Waals surface area contributed by atoms with Gasteiger partial charge < -0.3 is 4.74 Å². The van der Waals surface area contributed by atoms with E-state index in [-0.39, 0.29) is 28.8 Å². The van der Waals surface area contributed by atoms with Crippen molar-refractivity contribution < 1.29 is 9.13 Å². The van der Waals surface area contributed by atoms with Gasteiger partial charge in [0.15, 0.2) is 0 Å². The molecule has 0 aliphatic carbocycles. The average molecular weight is 445 g/mol. The van der Waals surface area contributed by atoms with Gasteiger partial charge in [0.1, 0.15) is 11.9 Å². The second kappa shape index (κ2) is 9.34. The average Bonchev–Trinajstić information content (AvgIpc) is 3.16. The number of aromatic nitrogens is 1. The molecule has 0 amide bonds. The molecule has 2 heterocycles. The van der Waals surface area contributed by atoms with Gasteiger partial charge in [0.25, 0.3) is 0 Å². The van der Waals surface area contributed by atoms with Gasteiger partial charge >= 0.3 is 0 Å². The van der Waals surface area contributed by atoms with Crippen molar-refractivity contribution in [1.82, 2.24) is 9.88 Å².